The molecule has 10 heteroatoms. The van der Waals surface area contributed by atoms with Crippen LogP contribution in [0, 0.1) is 0 Å². The van der Waals surface area contributed by atoms with Crippen molar-refractivity contribution in [2.75, 3.05) is 13.7 Å². The molecule has 166 valence electrons. The van der Waals surface area contributed by atoms with Gasteiger partial charge in [0.05, 0.1) is 6.10 Å². The van der Waals surface area contributed by atoms with E-state index < -0.39 is 12.8 Å². The van der Waals surface area contributed by atoms with Gasteiger partial charge in [0.1, 0.15) is 5.75 Å². The number of alkyl halides is 3. The molecular weight excluding hydrogens is 512 g/mol. The van der Waals surface area contributed by atoms with Crippen LogP contribution >= 0.6 is 24.0 Å². The summed E-state index contributed by atoms with van der Waals surface area (Å²) in [5, 5.41) is 6.32. The molecule has 0 radical (unpaired) electrons. The van der Waals surface area contributed by atoms with Gasteiger partial charge in [-0.1, -0.05) is 18.2 Å². The Morgan fingerprint density at radius 2 is 1.63 bits per heavy atom. The summed E-state index contributed by atoms with van der Waals surface area (Å²) in [6.45, 7) is 3.56. The van der Waals surface area contributed by atoms with Crippen molar-refractivity contribution in [2.24, 2.45) is 4.99 Å². The van der Waals surface area contributed by atoms with Crippen LogP contribution in [-0.2, 0) is 13.1 Å². The van der Waals surface area contributed by atoms with E-state index in [1.54, 1.807) is 25.4 Å². The van der Waals surface area contributed by atoms with E-state index in [-0.39, 0.29) is 35.8 Å². The molecule has 0 spiro atoms. The average Bonchev–Trinajstić information content (AvgIpc) is 2.67. The van der Waals surface area contributed by atoms with E-state index in [9.17, 15) is 13.2 Å². The number of nitrogens with zero attached hydrogens (tertiary/aromatic N) is 2. The van der Waals surface area contributed by atoms with Gasteiger partial charge in [0, 0.05) is 32.4 Å². The van der Waals surface area contributed by atoms with Crippen LogP contribution in [0.4, 0.5) is 13.2 Å². The molecule has 1 aromatic heterocycles. The van der Waals surface area contributed by atoms with E-state index in [0.29, 0.717) is 24.9 Å². The van der Waals surface area contributed by atoms with Crippen molar-refractivity contribution in [1.82, 2.24) is 15.6 Å². The molecule has 6 nitrogen and oxygen atoms in total. The first-order chi connectivity index (χ1) is 13.7. The highest BCUT2D eigenvalue weighted by Crippen LogP contribution is 2.18. The zero-order valence-electron chi connectivity index (χ0n) is 17.0. The molecular formula is C20H26F3IN4O2. The summed E-state index contributed by atoms with van der Waals surface area (Å²) in [6, 6.07) is 10.1. The highest BCUT2D eigenvalue weighted by Gasteiger charge is 2.28. The Morgan fingerprint density at radius 1 is 1.03 bits per heavy atom. The zero-order chi connectivity index (χ0) is 21.3. The maximum absolute atomic E-state index is 12.2. The van der Waals surface area contributed by atoms with Crippen molar-refractivity contribution in [3.05, 3.63) is 53.7 Å². The second kappa shape index (κ2) is 12.5. The number of hydrogen-bond donors (Lipinski definition) is 2. The van der Waals surface area contributed by atoms with Gasteiger partial charge >= 0.3 is 6.18 Å². The molecule has 0 saturated heterocycles. The Morgan fingerprint density at radius 3 is 2.13 bits per heavy atom. The van der Waals surface area contributed by atoms with E-state index >= 15 is 0 Å². The summed E-state index contributed by atoms with van der Waals surface area (Å²) in [4.78, 5) is 8.40. The number of nitrogens with one attached hydrogen (secondary N) is 2. The topological polar surface area (TPSA) is 67.8 Å². The minimum atomic E-state index is -4.35. The van der Waals surface area contributed by atoms with Crippen LogP contribution in [-0.4, -0.2) is 36.9 Å². The normalized spacial score (nSPS) is 11.6. The van der Waals surface area contributed by atoms with E-state index in [1.165, 1.54) is 12.1 Å². The number of ether oxygens (including phenoxy) is 2. The van der Waals surface area contributed by atoms with Gasteiger partial charge in [-0.15, -0.1) is 24.0 Å². The van der Waals surface area contributed by atoms with Crippen LogP contribution in [0.3, 0.4) is 0 Å². The van der Waals surface area contributed by atoms with Gasteiger partial charge < -0.3 is 20.1 Å². The third-order valence-electron chi connectivity index (χ3n) is 3.62. The average molecular weight is 538 g/mol. The molecule has 1 heterocycles. The van der Waals surface area contributed by atoms with Crippen molar-refractivity contribution in [3.63, 3.8) is 0 Å². The monoisotopic (exact) mass is 538 g/mol. The summed E-state index contributed by atoms with van der Waals surface area (Å²) in [7, 11) is 1.65. The second-order valence-corrected chi connectivity index (χ2v) is 6.50. The zero-order valence-corrected chi connectivity index (χ0v) is 19.3. The minimum Gasteiger partial charge on any atom is -0.484 e. The lowest BCUT2D eigenvalue weighted by atomic mass is 10.2. The summed E-state index contributed by atoms with van der Waals surface area (Å²) >= 11 is 0. The number of guanidine groups is 1. The van der Waals surface area contributed by atoms with Crippen molar-refractivity contribution in [2.45, 2.75) is 39.2 Å². The van der Waals surface area contributed by atoms with Crippen molar-refractivity contribution < 1.29 is 22.6 Å². The third kappa shape index (κ3) is 9.99. The lowest BCUT2D eigenvalue weighted by Gasteiger charge is -2.13. The van der Waals surface area contributed by atoms with Crippen LogP contribution in [0.1, 0.15) is 25.0 Å². The first kappa shape index (κ1) is 25.8. The van der Waals surface area contributed by atoms with Crippen LogP contribution in [0.25, 0.3) is 0 Å². The molecule has 0 aliphatic heterocycles. The summed E-state index contributed by atoms with van der Waals surface area (Å²) < 4.78 is 46.7. The Bertz CT molecular complexity index is 782. The molecule has 0 aliphatic carbocycles. The van der Waals surface area contributed by atoms with Crippen LogP contribution in [0.2, 0.25) is 0 Å². The molecule has 1 aromatic carbocycles. The Hall–Kier alpha value is -2.24. The van der Waals surface area contributed by atoms with Gasteiger partial charge in [-0.3, -0.25) is 4.99 Å². The Kier molecular flexibility index (Phi) is 10.7. The van der Waals surface area contributed by atoms with E-state index in [4.69, 9.17) is 9.47 Å². The lowest BCUT2D eigenvalue weighted by molar-refractivity contribution is -0.153. The van der Waals surface area contributed by atoms with Gasteiger partial charge in [-0.05, 0) is 37.1 Å². The minimum absolute atomic E-state index is 0. The Labute approximate surface area is 191 Å². The first-order valence-electron chi connectivity index (χ1n) is 9.10. The number of pyridine rings is 1. The summed E-state index contributed by atoms with van der Waals surface area (Å²) in [5.74, 6) is 1.34. The number of aromatic nitrogens is 1. The van der Waals surface area contributed by atoms with Crippen LogP contribution in [0.5, 0.6) is 11.6 Å². The quantitative estimate of drug-likeness (QED) is 0.298. The first-order valence-corrected chi connectivity index (χ1v) is 9.10. The standard InChI is InChI=1S/C20H25F3N4O2.HI/c1-14(2)29-18-9-6-16(11-25-18)12-27-19(24-3)26-10-15-4-7-17(8-5-15)28-13-20(21,22)23;/h4-9,11,14H,10,12-13H2,1-3H3,(H2,24,26,27);1H. The third-order valence-corrected chi connectivity index (χ3v) is 3.62. The van der Waals surface area contributed by atoms with E-state index in [1.807, 2.05) is 26.0 Å². The smallest absolute Gasteiger partial charge is 0.422 e. The number of rotatable bonds is 8. The maximum atomic E-state index is 12.2. The molecule has 2 aromatic rings. The Balaban J connectivity index is 0.00000450. The molecule has 2 rings (SSSR count). The van der Waals surface area contributed by atoms with Gasteiger partial charge in [0.2, 0.25) is 5.88 Å². The van der Waals surface area contributed by atoms with Gasteiger partial charge in [-0.25, -0.2) is 4.98 Å². The molecule has 0 saturated carbocycles. The number of benzene rings is 1. The molecule has 0 bridgehead atoms. The number of halogens is 4. The molecule has 0 atom stereocenters. The predicted molar refractivity (Wildman–Crippen MR) is 120 cm³/mol. The van der Waals surface area contributed by atoms with Crippen molar-refractivity contribution in [3.8, 4) is 11.6 Å². The molecule has 30 heavy (non-hydrogen) atoms. The predicted octanol–water partition coefficient (Wildman–Crippen LogP) is 4.29. The summed E-state index contributed by atoms with van der Waals surface area (Å²) in [5.41, 5.74) is 1.85. The number of hydrogen-bond acceptors (Lipinski definition) is 4. The second-order valence-electron chi connectivity index (χ2n) is 6.50. The molecule has 0 fully saturated rings. The summed E-state index contributed by atoms with van der Waals surface area (Å²) in [6.07, 6.45) is -2.55. The van der Waals surface area contributed by atoms with Gasteiger partial charge in [0.15, 0.2) is 12.6 Å². The fraction of sp³-hybridized carbons (Fsp3) is 0.400. The van der Waals surface area contributed by atoms with Gasteiger partial charge in [0.25, 0.3) is 0 Å². The maximum Gasteiger partial charge on any atom is 0.422 e. The van der Waals surface area contributed by atoms with Gasteiger partial charge in [-0.2, -0.15) is 13.2 Å². The molecule has 0 amide bonds. The van der Waals surface area contributed by atoms with E-state index in [0.717, 1.165) is 11.1 Å². The fourth-order valence-corrected chi connectivity index (χ4v) is 2.29. The highest BCUT2D eigenvalue weighted by molar-refractivity contribution is 14.0. The fourth-order valence-electron chi connectivity index (χ4n) is 2.29. The van der Waals surface area contributed by atoms with E-state index in [2.05, 4.69) is 20.6 Å². The number of aliphatic imine (C=N–C) groups is 1. The molecule has 0 aliphatic rings. The molecule has 0 unspecified atom stereocenters. The highest BCUT2D eigenvalue weighted by atomic mass is 127. The lowest BCUT2D eigenvalue weighted by Crippen LogP contribution is -2.36. The van der Waals surface area contributed by atoms with Crippen molar-refractivity contribution >= 4 is 29.9 Å². The van der Waals surface area contributed by atoms with Crippen LogP contribution < -0.4 is 20.1 Å². The van der Waals surface area contributed by atoms with Crippen molar-refractivity contribution in [1.29, 1.82) is 0 Å². The largest absolute Gasteiger partial charge is 0.484 e. The molecule has 2 N–H and O–H groups in total. The SMILES string of the molecule is CN=C(NCc1ccc(OCC(F)(F)F)cc1)NCc1ccc(OC(C)C)nc1.I. The van der Waals surface area contributed by atoms with Crippen LogP contribution in [0.15, 0.2) is 47.6 Å².